The summed E-state index contributed by atoms with van der Waals surface area (Å²) in [5.41, 5.74) is 6.84. The van der Waals surface area contributed by atoms with Crippen molar-refractivity contribution in [2.45, 2.75) is 25.9 Å². The zero-order valence-electron chi connectivity index (χ0n) is 17.2. The molecule has 0 spiro atoms. The fourth-order valence-electron chi connectivity index (χ4n) is 2.96. The van der Waals surface area contributed by atoms with E-state index in [1.807, 2.05) is 0 Å². The Hall–Kier alpha value is -3.19. The molecule has 2 aromatic rings. The molecule has 1 amide bonds. The van der Waals surface area contributed by atoms with Crippen molar-refractivity contribution >= 4 is 27.8 Å². The number of carbonyl (C=O) groups excluding carboxylic acids is 2. The zero-order chi connectivity index (χ0) is 25.0. The number of hydroxylamine groups is 2. The SMILES string of the molecule is NCc1cccc(CN2CN(OC(=O)C(F)(F)F)C(OCc3ccc(F)cc3F)=C(Br)C2=O)c1. The molecule has 1 aliphatic rings. The van der Waals surface area contributed by atoms with Gasteiger partial charge in [-0.1, -0.05) is 24.3 Å². The molecule has 0 saturated carbocycles. The molecule has 1 aliphatic heterocycles. The lowest BCUT2D eigenvalue weighted by molar-refractivity contribution is -0.247. The number of hydrogen-bond donors (Lipinski definition) is 1. The molecule has 34 heavy (non-hydrogen) atoms. The first-order valence-corrected chi connectivity index (χ1v) is 10.4. The number of hydrogen-bond acceptors (Lipinski definition) is 6. The number of nitrogens with two attached hydrogens (primary N) is 1. The summed E-state index contributed by atoms with van der Waals surface area (Å²) in [7, 11) is 0. The fraction of sp³-hybridized carbons (Fsp3) is 0.238. The van der Waals surface area contributed by atoms with Crippen molar-refractivity contribution in [1.29, 1.82) is 0 Å². The number of alkyl halides is 3. The molecule has 0 aliphatic carbocycles. The highest BCUT2D eigenvalue weighted by atomic mass is 79.9. The van der Waals surface area contributed by atoms with Crippen molar-refractivity contribution in [3.63, 3.8) is 0 Å². The molecule has 0 fully saturated rings. The van der Waals surface area contributed by atoms with Gasteiger partial charge in [0.2, 0.25) is 5.88 Å². The van der Waals surface area contributed by atoms with Crippen LogP contribution in [0.5, 0.6) is 0 Å². The molecule has 3 rings (SSSR count). The van der Waals surface area contributed by atoms with Gasteiger partial charge >= 0.3 is 12.1 Å². The molecule has 2 aromatic carbocycles. The monoisotopic (exact) mass is 549 g/mol. The Labute approximate surface area is 198 Å². The number of rotatable bonds is 7. The van der Waals surface area contributed by atoms with Gasteiger partial charge in [0, 0.05) is 24.7 Å². The van der Waals surface area contributed by atoms with Crippen LogP contribution >= 0.6 is 15.9 Å². The molecule has 0 unspecified atom stereocenters. The van der Waals surface area contributed by atoms with Gasteiger partial charge in [0.25, 0.3) is 5.91 Å². The molecule has 2 N–H and O–H groups in total. The van der Waals surface area contributed by atoms with E-state index in [4.69, 9.17) is 10.5 Å². The van der Waals surface area contributed by atoms with E-state index in [1.165, 1.54) is 0 Å². The molecule has 0 saturated heterocycles. The van der Waals surface area contributed by atoms with Gasteiger partial charge in [0.05, 0.1) is 0 Å². The predicted molar refractivity (Wildman–Crippen MR) is 111 cm³/mol. The van der Waals surface area contributed by atoms with Crippen molar-refractivity contribution in [2.24, 2.45) is 5.73 Å². The van der Waals surface area contributed by atoms with Crippen molar-refractivity contribution < 1.29 is 41.1 Å². The predicted octanol–water partition coefficient (Wildman–Crippen LogP) is 3.83. The minimum Gasteiger partial charge on any atom is -0.471 e. The zero-order valence-corrected chi connectivity index (χ0v) is 18.8. The Morgan fingerprint density at radius 3 is 2.47 bits per heavy atom. The molecule has 0 atom stereocenters. The first-order chi connectivity index (χ1) is 16.0. The Morgan fingerprint density at radius 1 is 1.12 bits per heavy atom. The highest BCUT2D eigenvalue weighted by molar-refractivity contribution is 9.12. The van der Waals surface area contributed by atoms with Gasteiger partial charge in [0.15, 0.2) is 0 Å². The summed E-state index contributed by atoms with van der Waals surface area (Å²) < 4.78 is 70.5. The van der Waals surface area contributed by atoms with Crippen LogP contribution in [0.3, 0.4) is 0 Å². The largest absolute Gasteiger partial charge is 0.493 e. The molecule has 1 heterocycles. The van der Waals surface area contributed by atoms with Gasteiger partial charge in [-0.15, -0.1) is 0 Å². The second kappa shape index (κ2) is 10.4. The molecule has 0 bridgehead atoms. The third-order valence-corrected chi connectivity index (χ3v) is 5.27. The minimum absolute atomic E-state index is 0.0539. The van der Waals surface area contributed by atoms with E-state index in [9.17, 15) is 31.5 Å². The summed E-state index contributed by atoms with van der Waals surface area (Å²) in [6.45, 7) is -1.04. The van der Waals surface area contributed by atoms with Crippen LogP contribution in [-0.2, 0) is 38.9 Å². The second-order valence-corrected chi connectivity index (χ2v) is 7.86. The van der Waals surface area contributed by atoms with Gasteiger partial charge in [-0.05, 0) is 39.2 Å². The Bertz CT molecular complexity index is 1130. The Kier molecular flexibility index (Phi) is 7.77. The molecule has 0 aromatic heterocycles. The molecule has 0 radical (unpaired) electrons. The van der Waals surface area contributed by atoms with E-state index >= 15 is 0 Å². The summed E-state index contributed by atoms with van der Waals surface area (Å²) in [6, 6.07) is 9.45. The Morgan fingerprint density at radius 2 is 1.82 bits per heavy atom. The maximum atomic E-state index is 13.9. The number of nitrogens with zero attached hydrogens (tertiary/aromatic N) is 2. The van der Waals surface area contributed by atoms with E-state index in [0.717, 1.165) is 22.6 Å². The number of amides is 1. The van der Waals surface area contributed by atoms with Gasteiger partial charge in [0.1, 0.15) is 29.4 Å². The van der Waals surface area contributed by atoms with Crippen LogP contribution in [0, 0.1) is 11.6 Å². The molecular formula is C21H17BrF5N3O4. The first-order valence-electron chi connectivity index (χ1n) is 9.60. The fourth-order valence-corrected chi connectivity index (χ4v) is 3.53. The lowest BCUT2D eigenvalue weighted by Crippen LogP contribution is -2.48. The first kappa shape index (κ1) is 25.4. The maximum absolute atomic E-state index is 13.9. The van der Waals surface area contributed by atoms with E-state index in [1.54, 1.807) is 24.3 Å². The van der Waals surface area contributed by atoms with Gasteiger partial charge in [-0.3, -0.25) is 4.79 Å². The van der Waals surface area contributed by atoms with Crippen LogP contribution < -0.4 is 5.73 Å². The van der Waals surface area contributed by atoms with Crippen LogP contribution in [-0.4, -0.2) is 34.7 Å². The van der Waals surface area contributed by atoms with Crippen LogP contribution in [0.25, 0.3) is 0 Å². The second-order valence-electron chi connectivity index (χ2n) is 7.07. The van der Waals surface area contributed by atoms with Gasteiger partial charge in [-0.2, -0.15) is 18.2 Å². The topological polar surface area (TPSA) is 85.1 Å². The number of carbonyl (C=O) groups is 2. The summed E-state index contributed by atoms with van der Waals surface area (Å²) in [6.07, 6.45) is -5.33. The molecular weight excluding hydrogens is 533 g/mol. The summed E-state index contributed by atoms with van der Waals surface area (Å²) in [4.78, 5) is 29.8. The summed E-state index contributed by atoms with van der Waals surface area (Å²) in [5, 5.41) is 0.426. The van der Waals surface area contributed by atoms with E-state index in [0.29, 0.717) is 16.7 Å². The maximum Gasteiger partial charge on any atom is 0.493 e. The average molecular weight is 550 g/mol. The van der Waals surface area contributed by atoms with E-state index in [2.05, 4.69) is 20.8 Å². The highest BCUT2D eigenvalue weighted by Crippen LogP contribution is 2.30. The number of ether oxygens (including phenoxy) is 1. The minimum atomic E-state index is -5.33. The smallest absolute Gasteiger partial charge is 0.471 e. The van der Waals surface area contributed by atoms with Gasteiger partial charge in [-0.25, -0.2) is 13.6 Å². The summed E-state index contributed by atoms with van der Waals surface area (Å²) in [5.74, 6) is -5.64. The van der Waals surface area contributed by atoms with Gasteiger partial charge < -0.3 is 20.2 Å². The standard InChI is InChI=1S/C21H17BrF5N3O4/c22-17-18(31)29(9-13-3-1-2-12(6-13)8-28)11-30(34-20(32)21(25,26)27)19(17)33-10-14-4-5-15(23)7-16(14)24/h1-7H,8-11,28H2. The Balaban J connectivity index is 1.88. The van der Waals surface area contributed by atoms with Crippen LogP contribution in [0.1, 0.15) is 16.7 Å². The van der Waals surface area contributed by atoms with Crippen molar-refractivity contribution in [2.75, 3.05) is 6.67 Å². The average Bonchev–Trinajstić information content (AvgIpc) is 2.77. The quantitative estimate of drug-likeness (QED) is 0.528. The summed E-state index contributed by atoms with van der Waals surface area (Å²) >= 11 is 2.96. The molecule has 182 valence electrons. The van der Waals surface area contributed by atoms with Crippen LogP contribution in [0.2, 0.25) is 0 Å². The van der Waals surface area contributed by atoms with Crippen molar-refractivity contribution in [3.8, 4) is 0 Å². The molecule has 7 nitrogen and oxygen atoms in total. The third-order valence-electron chi connectivity index (χ3n) is 4.59. The van der Waals surface area contributed by atoms with Crippen LogP contribution in [0.15, 0.2) is 52.8 Å². The molecule has 13 heteroatoms. The lowest BCUT2D eigenvalue weighted by atomic mass is 10.1. The third kappa shape index (κ3) is 6.03. The van der Waals surface area contributed by atoms with Crippen molar-refractivity contribution in [3.05, 3.63) is 81.2 Å². The normalized spacial score (nSPS) is 14.5. The van der Waals surface area contributed by atoms with Crippen molar-refractivity contribution in [1.82, 2.24) is 9.96 Å². The lowest BCUT2D eigenvalue weighted by Gasteiger charge is -2.36. The van der Waals surface area contributed by atoms with Crippen LogP contribution in [0.4, 0.5) is 22.0 Å². The van der Waals surface area contributed by atoms with E-state index in [-0.39, 0.29) is 23.1 Å². The van der Waals surface area contributed by atoms with E-state index < -0.39 is 48.8 Å². The highest BCUT2D eigenvalue weighted by Gasteiger charge is 2.45. The number of halogens is 6. The number of benzene rings is 2.